The third kappa shape index (κ3) is 4.30. The van der Waals surface area contributed by atoms with Crippen molar-refractivity contribution >= 4 is 17.5 Å². The molecule has 0 atom stereocenters. The molecule has 6 heteroatoms. The fourth-order valence-corrected chi connectivity index (χ4v) is 3.44. The number of carbonyl (C=O) groups excluding carboxylic acids is 2. The first-order valence-corrected chi connectivity index (χ1v) is 10.3. The monoisotopic (exact) mass is 424 g/mol. The van der Waals surface area contributed by atoms with Crippen LogP contribution in [0.5, 0.6) is 0 Å². The van der Waals surface area contributed by atoms with E-state index in [-0.39, 0.29) is 11.8 Å². The SMILES string of the molecule is Cc1ccccc1-c1nn(-c2ccccc2)cc1C(=O)Nc1ccc(C(=O)N(C)C)cc1. The largest absolute Gasteiger partial charge is 0.345 e. The van der Waals surface area contributed by atoms with Crippen LogP contribution >= 0.6 is 0 Å². The maximum absolute atomic E-state index is 13.3. The second kappa shape index (κ2) is 8.89. The van der Waals surface area contributed by atoms with Gasteiger partial charge in [0.2, 0.25) is 0 Å². The Labute approximate surface area is 187 Å². The highest BCUT2D eigenvalue weighted by Crippen LogP contribution is 2.27. The lowest BCUT2D eigenvalue weighted by Crippen LogP contribution is -2.21. The van der Waals surface area contributed by atoms with Gasteiger partial charge in [0.25, 0.3) is 11.8 Å². The van der Waals surface area contributed by atoms with E-state index in [1.165, 1.54) is 4.90 Å². The molecule has 0 radical (unpaired) electrons. The number of nitrogens with one attached hydrogen (secondary N) is 1. The molecule has 0 bridgehead atoms. The van der Waals surface area contributed by atoms with Crippen molar-refractivity contribution < 1.29 is 9.59 Å². The van der Waals surface area contributed by atoms with Crippen LogP contribution in [0.25, 0.3) is 16.9 Å². The molecule has 0 saturated carbocycles. The van der Waals surface area contributed by atoms with E-state index in [1.807, 2.05) is 61.5 Å². The van der Waals surface area contributed by atoms with E-state index in [1.54, 1.807) is 49.2 Å². The van der Waals surface area contributed by atoms with Crippen molar-refractivity contribution in [2.75, 3.05) is 19.4 Å². The summed E-state index contributed by atoms with van der Waals surface area (Å²) in [7, 11) is 3.41. The zero-order chi connectivity index (χ0) is 22.7. The molecule has 160 valence electrons. The third-order valence-electron chi connectivity index (χ3n) is 5.18. The van der Waals surface area contributed by atoms with Crippen LogP contribution < -0.4 is 5.32 Å². The summed E-state index contributed by atoms with van der Waals surface area (Å²) < 4.78 is 1.72. The van der Waals surface area contributed by atoms with Gasteiger partial charge in [0.1, 0.15) is 5.69 Å². The van der Waals surface area contributed by atoms with Gasteiger partial charge in [0, 0.05) is 37.1 Å². The van der Waals surface area contributed by atoms with Gasteiger partial charge in [-0.15, -0.1) is 0 Å². The minimum absolute atomic E-state index is 0.0890. The number of hydrogen-bond donors (Lipinski definition) is 1. The zero-order valence-electron chi connectivity index (χ0n) is 18.2. The molecular formula is C26H24N4O2. The highest BCUT2D eigenvalue weighted by molar-refractivity contribution is 6.08. The molecule has 2 amide bonds. The van der Waals surface area contributed by atoms with Crippen LogP contribution in [0.1, 0.15) is 26.3 Å². The zero-order valence-corrected chi connectivity index (χ0v) is 18.2. The third-order valence-corrected chi connectivity index (χ3v) is 5.18. The second-order valence-electron chi connectivity index (χ2n) is 7.72. The molecule has 4 rings (SSSR count). The lowest BCUT2D eigenvalue weighted by Gasteiger charge is -2.11. The molecule has 0 saturated heterocycles. The van der Waals surface area contributed by atoms with Crippen LogP contribution in [0.4, 0.5) is 5.69 Å². The number of rotatable bonds is 5. The Morgan fingerprint density at radius 1 is 0.875 bits per heavy atom. The van der Waals surface area contributed by atoms with E-state index < -0.39 is 0 Å². The minimum atomic E-state index is -0.267. The smallest absolute Gasteiger partial charge is 0.259 e. The van der Waals surface area contributed by atoms with E-state index in [4.69, 9.17) is 5.10 Å². The van der Waals surface area contributed by atoms with Gasteiger partial charge in [0.15, 0.2) is 0 Å². The molecule has 3 aromatic carbocycles. The number of anilines is 1. The molecule has 0 aliphatic rings. The molecule has 1 N–H and O–H groups in total. The van der Waals surface area contributed by atoms with Crippen molar-refractivity contribution in [2.45, 2.75) is 6.92 Å². The topological polar surface area (TPSA) is 67.2 Å². The number of hydrogen-bond acceptors (Lipinski definition) is 3. The normalized spacial score (nSPS) is 10.6. The van der Waals surface area contributed by atoms with Gasteiger partial charge < -0.3 is 10.2 Å². The van der Waals surface area contributed by atoms with Crippen LogP contribution in [0, 0.1) is 6.92 Å². The van der Waals surface area contributed by atoms with E-state index in [2.05, 4.69) is 5.32 Å². The summed E-state index contributed by atoms with van der Waals surface area (Å²) in [6.07, 6.45) is 1.75. The highest BCUT2D eigenvalue weighted by atomic mass is 16.2. The van der Waals surface area contributed by atoms with Gasteiger partial charge in [-0.25, -0.2) is 4.68 Å². The van der Waals surface area contributed by atoms with Crippen molar-refractivity contribution in [1.82, 2.24) is 14.7 Å². The van der Waals surface area contributed by atoms with E-state index in [9.17, 15) is 9.59 Å². The van der Waals surface area contributed by atoms with Crippen LogP contribution in [0.15, 0.2) is 85.1 Å². The van der Waals surface area contributed by atoms with Gasteiger partial charge in [-0.2, -0.15) is 5.10 Å². The van der Waals surface area contributed by atoms with Gasteiger partial charge >= 0.3 is 0 Å². The Hall–Kier alpha value is -4.19. The Bertz CT molecular complexity index is 1260. The predicted molar refractivity (Wildman–Crippen MR) is 126 cm³/mol. The predicted octanol–water partition coefficient (Wildman–Crippen LogP) is 4.80. The molecule has 4 aromatic rings. The summed E-state index contributed by atoms with van der Waals surface area (Å²) in [4.78, 5) is 26.9. The summed E-state index contributed by atoms with van der Waals surface area (Å²) >= 11 is 0. The molecular weight excluding hydrogens is 400 g/mol. The van der Waals surface area contributed by atoms with Crippen molar-refractivity contribution in [3.05, 3.63) is 102 Å². The molecule has 1 heterocycles. The molecule has 0 unspecified atom stereocenters. The first kappa shape index (κ1) is 21.1. The van der Waals surface area contributed by atoms with E-state index >= 15 is 0 Å². The Balaban J connectivity index is 1.69. The van der Waals surface area contributed by atoms with Gasteiger partial charge in [-0.3, -0.25) is 9.59 Å². The second-order valence-corrected chi connectivity index (χ2v) is 7.72. The van der Waals surface area contributed by atoms with E-state index in [0.717, 1.165) is 16.8 Å². The van der Waals surface area contributed by atoms with Crippen LogP contribution in [0.2, 0.25) is 0 Å². The van der Waals surface area contributed by atoms with Crippen molar-refractivity contribution in [3.8, 4) is 16.9 Å². The number of benzene rings is 3. The number of aryl methyl sites for hydroxylation is 1. The van der Waals surface area contributed by atoms with Crippen molar-refractivity contribution in [2.24, 2.45) is 0 Å². The molecule has 0 aliphatic carbocycles. The summed E-state index contributed by atoms with van der Waals surface area (Å²) in [5, 5.41) is 7.67. The molecule has 0 spiro atoms. The highest BCUT2D eigenvalue weighted by Gasteiger charge is 2.20. The summed E-state index contributed by atoms with van der Waals surface area (Å²) in [6, 6.07) is 24.4. The number of para-hydroxylation sites is 1. The molecule has 1 aromatic heterocycles. The fourth-order valence-electron chi connectivity index (χ4n) is 3.44. The Morgan fingerprint density at radius 3 is 2.19 bits per heavy atom. The quantitative estimate of drug-likeness (QED) is 0.500. The molecule has 6 nitrogen and oxygen atoms in total. The average Bonchev–Trinajstić information content (AvgIpc) is 3.25. The summed E-state index contributed by atoms with van der Waals surface area (Å²) in [5.74, 6) is -0.356. The number of nitrogens with zero attached hydrogens (tertiary/aromatic N) is 3. The number of amides is 2. The number of aromatic nitrogens is 2. The lowest BCUT2D eigenvalue weighted by atomic mass is 10.0. The maximum atomic E-state index is 13.3. The van der Waals surface area contributed by atoms with Crippen molar-refractivity contribution in [1.29, 1.82) is 0 Å². The minimum Gasteiger partial charge on any atom is -0.345 e. The standard InChI is InChI=1S/C26H24N4O2/c1-18-9-7-8-12-22(18)24-23(17-30(28-24)21-10-5-4-6-11-21)25(31)27-20-15-13-19(14-16-20)26(32)29(2)3/h4-17H,1-3H3,(H,27,31). The molecule has 0 aliphatic heterocycles. The first-order valence-electron chi connectivity index (χ1n) is 10.3. The summed E-state index contributed by atoms with van der Waals surface area (Å²) in [5.41, 5.74) is 5.05. The molecule has 0 fully saturated rings. The first-order chi connectivity index (χ1) is 15.4. The Morgan fingerprint density at radius 2 is 1.53 bits per heavy atom. The van der Waals surface area contributed by atoms with Gasteiger partial charge in [-0.05, 0) is 48.9 Å². The van der Waals surface area contributed by atoms with Crippen LogP contribution in [-0.4, -0.2) is 40.6 Å². The van der Waals surface area contributed by atoms with Crippen LogP contribution in [0.3, 0.4) is 0 Å². The van der Waals surface area contributed by atoms with Gasteiger partial charge in [-0.1, -0.05) is 42.5 Å². The molecule has 32 heavy (non-hydrogen) atoms. The van der Waals surface area contributed by atoms with E-state index in [0.29, 0.717) is 22.5 Å². The van der Waals surface area contributed by atoms with Crippen LogP contribution in [-0.2, 0) is 0 Å². The lowest BCUT2D eigenvalue weighted by molar-refractivity contribution is 0.0827. The number of carbonyl (C=O) groups is 2. The summed E-state index contributed by atoms with van der Waals surface area (Å²) in [6.45, 7) is 2.00. The van der Waals surface area contributed by atoms with Crippen molar-refractivity contribution in [3.63, 3.8) is 0 Å². The average molecular weight is 425 g/mol. The van der Waals surface area contributed by atoms with Gasteiger partial charge in [0.05, 0.1) is 11.3 Å². The Kier molecular flexibility index (Phi) is 5.85. The maximum Gasteiger partial charge on any atom is 0.259 e. The fraction of sp³-hybridized carbons (Fsp3) is 0.115.